The molecule has 1 saturated heterocycles. The summed E-state index contributed by atoms with van der Waals surface area (Å²) in [6.45, 7) is 5.95. The Hall–Kier alpha value is -3.86. The molecule has 38 heavy (non-hydrogen) atoms. The molecular weight excluding hydrogens is 503 g/mol. The van der Waals surface area contributed by atoms with Gasteiger partial charge in [-0.2, -0.15) is 4.98 Å². The predicted molar refractivity (Wildman–Crippen MR) is 150 cm³/mol. The summed E-state index contributed by atoms with van der Waals surface area (Å²) in [5, 5.41) is 7.74. The van der Waals surface area contributed by atoms with Gasteiger partial charge in [0, 0.05) is 48.7 Å². The third kappa shape index (κ3) is 5.99. The van der Waals surface area contributed by atoms with Crippen LogP contribution in [0, 0.1) is 5.82 Å². The number of carbonyl (C=O) groups is 1. The summed E-state index contributed by atoms with van der Waals surface area (Å²) in [6, 6.07) is 14.5. The average Bonchev–Trinajstić information content (AvgIpc) is 3.56. The van der Waals surface area contributed by atoms with Crippen molar-refractivity contribution in [3.05, 3.63) is 77.9 Å². The minimum atomic E-state index is -0.312. The van der Waals surface area contributed by atoms with Crippen LogP contribution in [-0.2, 0) is 11.3 Å². The molecule has 2 aromatic heterocycles. The number of fused-ring (bicyclic) bond motifs is 1. The Kier molecular flexibility index (Phi) is 7.64. The van der Waals surface area contributed by atoms with E-state index in [1.54, 1.807) is 24.3 Å². The molecule has 0 saturated carbocycles. The van der Waals surface area contributed by atoms with Crippen molar-refractivity contribution in [1.29, 1.82) is 0 Å². The van der Waals surface area contributed by atoms with Crippen molar-refractivity contribution in [2.75, 3.05) is 37.8 Å². The quantitative estimate of drug-likeness (QED) is 0.271. The lowest BCUT2D eigenvalue weighted by Crippen LogP contribution is -2.31. The van der Waals surface area contributed by atoms with E-state index in [1.807, 2.05) is 23.6 Å². The summed E-state index contributed by atoms with van der Waals surface area (Å²) >= 11 is 1.46. The molecule has 3 heterocycles. The van der Waals surface area contributed by atoms with Gasteiger partial charge < -0.3 is 20.3 Å². The molecular formula is C28H29FN6O2S. The highest BCUT2D eigenvalue weighted by atomic mass is 32.1. The molecule has 1 atom stereocenters. The van der Waals surface area contributed by atoms with Crippen molar-refractivity contribution in [3.8, 4) is 11.6 Å². The standard InChI is InChI=1S/C28H29FN6O2S/c1-4-25(36)30-19-6-5-7-22(14-19)37-27-26-24(11-13-38-26)32-28(33-27)31-20-9-8-18(23(29)15-20)16-35-12-10-21(17-35)34(2)3/h4-9,11,13-15,21H,1,10,12,16-17H2,2-3H3,(H,30,36)(H,31,32,33). The molecule has 2 aromatic carbocycles. The zero-order valence-corrected chi connectivity index (χ0v) is 22.1. The number of anilines is 3. The van der Waals surface area contributed by atoms with Crippen LogP contribution in [0.15, 0.2) is 66.6 Å². The minimum Gasteiger partial charge on any atom is -0.437 e. The second kappa shape index (κ2) is 11.3. The van der Waals surface area contributed by atoms with Gasteiger partial charge in [-0.05, 0) is 62.3 Å². The lowest BCUT2D eigenvalue weighted by Gasteiger charge is -2.20. The number of likely N-dealkylation sites (tertiary alicyclic amines) is 1. The smallest absolute Gasteiger partial charge is 0.247 e. The summed E-state index contributed by atoms with van der Waals surface area (Å²) in [5.74, 6) is 0.575. The molecule has 1 fully saturated rings. The molecule has 0 radical (unpaired) electrons. The van der Waals surface area contributed by atoms with Crippen LogP contribution in [0.5, 0.6) is 11.6 Å². The number of carbonyl (C=O) groups excluding carboxylic acids is 1. The zero-order chi connectivity index (χ0) is 26.6. The molecule has 1 unspecified atom stereocenters. The van der Waals surface area contributed by atoms with Gasteiger partial charge in [-0.25, -0.2) is 9.37 Å². The van der Waals surface area contributed by atoms with E-state index >= 15 is 4.39 Å². The number of thiophene rings is 1. The molecule has 196 valence electrons. The first-order chi connectivity index (χ1) is 18.4. The molecule has 2 N–H and O–H groups in total. The Morgan fingerprint density at radius 1 is 1.24 bits per heavy atom. The van der Waals surface area contributed by atoms with E-state index in [-0.39, 0.29) is 11.7 Å². The van der Waals surface area contributed by atoms with Crippen LogP contribution < -0.4 is 15.4 Å². The maximum Gasteiger partial charge on any atom is 0.247 e. The number of benzene rings is 2. The van der Waals surface area contributed by atoms with Crippen molar-refractivity contribution >= 4 is 44.8 Å². The van der Waals surface area contributed by atoms with Crippen molar-refractivity contribution in [3.63, 3.8) is 0 Å². The molecule has 0 aliphatic carbocycles. The van der Waals surface area contributed by atoms with Crippen LogP contribution in [0.25, 0.3) is 10.2 Å². The topological polar surface area (TPSA) is 82.6 Å². The van der Waals surface area contributed by atoms with E-state index in [0.717, 1.165) is 24.2 Å². The zero-order valence-electron chi connectivity index (χ0n) is 21.3. The van der Waals surface area contributed by atoms with Crippen LogP contribution in [-0.4, -0.2) is 58.9 Å². The fraction of sp³-hybridized carbons (Fsp3) is 0.250. The van der Waals surface area contributed by atoms with Gasteiger partial charge in [-0.3, -0.25) is 9.69 Å². The number of aromatic nitrogens is 2. The molecule has 1 aliphatic rings. The number of halogens is 1. The average molecular weight is 533 g/mol. The summed E-state index contributed by atoms with van der Waals surface area (Å²) < 4.78 is 21.9. The van der Waals surface area contributed by atoms with Crippen LogP contribution >= 0.6 is 11.3 Å². The Morgan fingerprint density at radius 2 is 2.11 bits per heavy atom. The molecule has 4 aromatic rings. The number of rotatable bonds is 9. The third-order valence-corrected chi connectivity index (χ3v) is 7.35. The summed E-state index contributed by atoms with van der Waals surface area (Å²) in [7, 11) is 4.17. The fourth-order valence-corrected chi connectivity index (χ4v) is 5.16. The van der Waals surface area contributed by atoms with Gasteiger partial charge in [0.2, 0.25) is 17.7 Å². The van der Waals surface area contributed by atoms with E-state index < -0.39 is 0 Å². The first-order valence-electron chi connectivity index (χ1n) is 12.3. The van der Waals surface area contributed by atoms with E-state index in [1.165, 1.54) is 23.5 Å². The van der Waals surface area contributed by atoms with E-state index in [4.69, 9.17) is 4.74 Å². The monoisotopic (exact) mass is 532 g/mol. The summed E-state index contributed by atoms with van der Waals surface area (Å²) in [6.07, 6.45) is 2.29. The van der Waals surface area contributed by atoms with Gasteiger partial charge in [-0.1, -0.05) is 18.7 Å². The van der Waals surface area contributed by atoms with Crippen molar-refractivity contribution in [2.24, 2.45) is 0 Å². The molecule has 0 bridgehead atoms. The molecule has 0 spiro atoms. The molecule has 10 heteroatoms. The van der Waals surface area contributed by atoms with Gasteiger partial charge in [0.05, 0.1) is 5.52 Å². The summed E-state index contributed by atoms with van der Waals surface area (Å²) in [4.78, 5) is 25.3. The number of nitrogens with zero attached hydrogens (tertiary/aromatic N) is 4. The highest BCUT2D eigenvalue weighted by Crippen LogP contribution is 2.34. The van der Waals surface area contributed by atoms with Gasteiger partial charge >= 0.3 is 0 Å². The van der Waals surface area contributed by atoms with Crippen molar-refractivity contribution in [1.82, 2.24) is 19.8 Å². The van der Waals surface area contributed by atoms with Gasteiger partial charge in [0.15, 0.2) is 0 Å². The first-order valence-corrected chi connectivity index (χ1v) is 13.2. The van der Waals surface area contributed by atoms with E-state index in [9.17, 15) is 4.79 Å². The Morgan fingerprint density at radius 3 is 2.87 bits per heavy atom. The lowest BCUT2D eigenvalue weighted by molar-refractivity contribution is -0.111. The number of hydrogen-bond donors (Lipinski definition) is 2. The Labute approximate surface area is 224 Å². The van der Waals surface area contributed by atoms with Crippen LogP contribution in [0.1, 0.15) is 12.0 Å². The van der Waals surface area contributed by atoms with Crippen LogP contribution in [0.4, 0.5) is 21.7 Å². The number of nitrogens with one attached hydrogen (secondary N) is 2. The number of likely N-dealkylation sites (N-methyl/N-ethyl adjacent to an activating group) is 1. The SMILES string of the molecule is C=CC(=O)Nc1cccc(Oc2nc(Nc3ccc(CN4CCC(N(C)C)C4)c(F)c3)nc3ccsc23)c1. The van der Waals surface area contributed by atoms with Crippen molar-refractivity contribution < 1.29 is 13.9 Å². The predicted octanol–water partition coefficient (Wildman–Crippen LogP) is 5.63. The maximum absolute atomic E-state index is 15.0. The highest BCUT2D eigenvalue weighted by Gasteiger charge is 2.24. The number of hydrogen-bond acceptors (Lipinski definition) is 8. The van der Waals surface area contributed by atoms with E-state index in [0.29, 0.717) is 52.6 Å². The second-order valence-corrected chi connectivity index (χ2v) is 10.3. The Bertz CT molecular complexity index is 1470. The first kappa shape index (κ1) is 25.8. The molecule has 5 rings (SSSR count). The van der Waals surface area contributed by atoms with Crippen molar-refractivity contribution in [2.45, 2.75) is 19.0 Å². The van der Waals surface area contributed by atoms with Crippen LogP contribution in [0.3, 0.4) is 0 Å². The summed E-state index contributed by atoms with van der Waals surface area (Å²) in [5.41, 5.74) is 2.49. The largest absolute Gasteiger partial charge is 0.437 e. The molecule has 8 nitrogen and oxygen atoms in total. The van der Waals surface area contributed by atoms with Gasteiger partial charge in [0.25, 0.3) is 0 Å². The highest BCUT2D eigenvalue weighted by molar-refractivity contribution is 7.17. The van der Waals surface area contributed by atoms with E-state index in [2.05, 4.69) is 51.1 Å². The van der Waals surface area contributed by atoms with Gasteiger partial charge in [-0.15, -0.1) is 11.3 Å². The lowest BCUT2D eigenvalue weighted by atomic mass is 10.2. The fourth-order valence-electron chi connectivity index (χ4n) is 4.40. The van der Waals surface area contributed by atoms with Crippen LogP contribution in [0.2, 0.25) is 0 Å². The number of ether oxygens (including phenoxy) is 1. The maximum atomic E-state index is 15.0. The molecule has 1 amide bonds. The number of amides is 1. The second-order valence-electron chi connectivity index (χ2n) is 9.38. The van der Waals surface area contributed by atoms with Gasteiger partial charge in [0.1, 0.15) is 16.3 Å². The Balaban J connectivity index is 1.32. The molecule has 1 aliphatic heterocycles. The third-order valence-electron chi connectivity index (χ3n) is 6.45. The normalized spacial score (nSPS) is 15.6. The minimum absolute atomic E-state index is 0.269.